The summed E-state index contributed by atoms with van der Waals surface area (Å²) in [5.41, 5.74) is 4.14. The van der Waals surface area contributed by atoms with Crippen LogP contribution in [-0.2, 0) is 22.7 Å². The van der Waals surface area contributed by atoms with E-state index in [-0.39, 0.29) is 17.9 Å². The molecule has 184 valence electrons. The Balaban J connectivity index is 1.46. The zero-order chi connectivity index (χ0) is 25.8. The highest BCUT2D eigenvalue weighted by atomic mass is 16.5. The average molecular weight is 492 g/mol. The molecule has 2 aromatic heterocycles. The van der Waals surface area contributed by atoms with Crippen molar-refractivity contribution < 1.29 is 19.4 Å². The van der Waals surface area contributed by atoms with E-state index in [1.165, 1.54) is 4.90 Å². The lowest BCUT2D eigenvalue weighted by Gasteiger charge is -2.25. The van der Waals surface area contributed by atoms with Gasteiger partial charge in [-0.1, -0.05) is 30.3 Å². The van der Waals surface area contributed by atoms with E-state index in [4.69, 9.17) is 4.74 Å². The summed E-state index contributed by atoms with van der Waals surface area (Å²) in [7, 11) is 0. The number of pyridine rings is 2. The number of nitrogens with zero attached hydrogens (tertiary/aromatic N) is 3. The Hall–Kier alpha value is -4.78. The smallest absolute Gasteiger partial charge is 0.295 e. The number of aromatic nitrogens is 2. The summed E-state index contributed by atoms with van der Waals surface area (Å²) in [6.07, 6.45) is 6.49. The molecule has 0 radical (unpaired) electrons. The topological polar surface area (TPSA) is 92.6 Å². The van der Waals surface area contributed by atoms with E-state index in [9.17, 15) is 14.7 Å². The van der Waals surface area contributed by atoms with Crippen molar-refractivity contribution in [2.75, 3.05) is 0 Å². The number of aliphatic hydroxyl groups excluding tert-OH is 1. The second-order valence-corrected chi connectivity index (χ2v) is 8.81. The summed E-state index contributed by atoms with van der Waals surface area (Å²) in [5, 5.41) is 11.3. The molecule has 0 bridgehead atoms. The van der Waals surface area contributed by atoms with Crippen LogP contribution >= 0.6 is 0 Å². The average Bonchev–Trinajstić information content (AvgIpc) is 3.18. The van der Waals surface area contributed by atoms with Gasteiger partial charge in [-0.3, -0.25) is 19.6 Å². The van der Waals surface area contributed by atoms with Gasteiger partial charge in [0.25, 0.3) is 11.7 Å². The van der Waals surface area contributed by atoms with Crippen molar-refractivity contribution in [2.24, 2.45) is 0 Å². The second-order valence-electron chi connectivity index (χ2n) is 8.81. The minimum absolute atomic E-state index is 0.0358. The van der Waals surface area contributed by atoms with E-state index in [2.05, 4.69) is 9.97 Å². The summed E-state index contributed by atoms with van der Waals surface area (Å²) in [4.78, 5) is 35.9. The number of aliphatic hydroxyl groups is 1. The van der Waals surface area contributed by atoms with Gasteiger partial charge in [0, 0.05) is 36.9 Å². The summed E-state index contributed by atoms with van der Waals surface area (Å²) in [5.74, 6) is -1.02. The molecule has 0 saturated carbocycles. The Morgan fingerprint density at radius 1 is 0.919 bits per heavy atom. The van der Waals surface area contributed by atoms with Crippen molar-refractivity contribution in [3.05, 3.63) is 131 Å². The number of ketones is 1. The van der Waals surface area contributed by atoms with Crippen LogP contribution in [0.15, 0.2) is 103 Å². The third-order valence-electron chi connectivity index (χ3n) is 6.42. The maximum atomic E-state index is 13.2. The maximum Gasteiger partial charge on any atom is 0.295 e. The number of amides is 1. The number of carbonyl (C=O) groups is 2. The van der Waals surface area contributed by atoms with Crippen LogP contribution in [0.3, 0.4) is 0 Å². The molecular weight excluding hydrogens is 466 g/mol. The second kappa shape index (κ2) is 10.5. The van der Waals surface area contributed by atoms with Gasteiger partial charge in [0.1, 0.15) is 18.1 Å². The minimum Gasteiger partial charge on any atom is -0.507 e. The number of hydrogen-bond donors (Lipinski definition) is 1. The largest absolute Gasteiger partial charge is 0.507 e. The Labute approximate surface area is 214 Å². The normalized spacial score (nSPS) is 16.7. The van der Waals surface area contributed by atoms with Crippen LogP contribution in [0.25, 0.3) is 5.76 Å². The molecule has 37 heavy (non-hydrogen) atoms. The zero-order valence-electron chi connectivity index (χ0n) is 20.2. The fourth-order valence-corrected chi connectivity index (χ4v) is 4.42. The van der Waals surface area contributed by atoms with Gasteiger partial charge in [-0.15, -0.1) is 0 Å². The van der Waals surface area contributed by atoms with Gasteiger partial charge in [0.2, 0.25) is 0 Å². The van der Waals surface area contributed by atoms with Gasteiger partial charge in [0.15, 0.2) is 0 Å². The van der Waals surface area contributed by atoms with E-state index in [0.717, 1.165) is 16.7 Å². The number of hydrogen-bond acceptors (Lipinski definition) is 6. The van der Waals surface area contributed by atoms with Crippen molar-refractivity contribution in [3.8, 4) is 5.75 Å². The Morgan fingerprint density at radius 2 is 1.68 bits per heavy atom. The molecule has 7 nitrogen and oxygen atoms in total. The summed E-state index contributed by atoms with van der Waals surface area (Å²) < 4.78 is 5.91. The SMILES string of the molecule is Cc1ccccc1COc1ccc(/C(O)=C2/C(=O)C(=O)N(Cc3cccnc3)C2c2ccncc2)cc1. The highest BCUT2D eigenvalue weighted by Gasteiger charge is 2.46. The number of rotatable bonds is 7. The standard InChI is InChI=1S/C30H25N3O4/c1-20-5-2-3-7-24(20)19-37-25-10-8-23(9-11-25)28(34)26-27(22-12-15-31-16-13-22)33(30(36)29(26)35)18-21-6-4-14-32-17-21/h2-17,27,34H,18-19H2,1H3/b28-26-. The molecule has 1 N–H and O–H groups in total. The first-order valence-corrected chi connectivity index (χ1v) is 11.9. The first kappa shape index (κ1) is 23.9. The third-order valence-corrected chi connectivity index (χ3v) is 6.42. The molecule has 1 saturated heterocycles. The van der Waals surface area contributed by atoms with Gasteiger partial charge in [-0.25, -0.2) is 0 Å². The van der Waals surface area contributed by atoms with Gasteiger partial charge in [-0.2, -0.15) is 0 Å². The van der Waals surface area contributed by atoms with Gasteiger partial charge >= 0.3 is 0 Å². The van der Waals surface area contributed by atoms with E-state index >= 15 is 0 Å². The Bertz CT molecular complexity index is 1450. The lowest BCUT2D eigenvalue weighted by molar-refractivity contribution is -0.140. The Kier molecular flexibility index (Phi) is 6.76. The van der Waals surface area contributed by atoms with E-state index in [1.807, 2.05) is 37.3 Å². The molecule has 1 fully saturated rings. The van der Waals surface area contributed by atoms with Crippen molar-refractivity contribution in [3.63, 3.8) is 0 Å². The molecule has 1 aliphatic rings. The van der Waals surface area contributed by atoms with Crippen molar-refractivity contribution in [2.45, 2.75) is 26.1 Å². The molecule has 5 rings (SSSR count). The van der Waals surface area contributed by atoms with E-state index in [1.54, 1.807) is 67.3 Å². The maximum absolute atomic E-state index is 13.2. The fraction of sp³-hybridized carbons (Fsp3) is 0.133. The summed E-state index contributed by atoms with van der Waals surface area (Å²) in [6, 6.07) is 21.2. The summed E-state index contributed by atoms with van der Waals surface area (Å²) in [6.45, 7) is 2.62. The van der Waals surface area contributed by atoms with Crippen LogP contribution in [0.1, 0.15) is 33.9 Å². The van der Waals surface area contributed by atoms with Gasteiger partial charge in [-0.05, 0) is 71.6 Å². The van der Waals surface area contributed by atoms with Gasteiger partial charge in [0.05, 0.1) is 11.6 Å². The molecule has 3 heterocycles. The number of Topliss-reactive ketones (excluding diaryl/α,β-unsaturated/α-hetero) is 1. The minimum atomic E-state index is -0.764. The molecule has 0 aliphatic carbocycles. The van der Waals surface area contributed by atoms with Crippen molar-refractivity contribution >= 4 is 17.4 Å². The quantitative estimate of drug-likeness (QED) is 0.223. The molecule has 7 heteroatoms. The van der Waals surface area contributed by atoms with Crippen LogP contribution in [0.5, 0.6) is 5.75 Å². The van der Waals surface area contributed by atoms with Gasteiger partial charge < -0.3 is 14.7 Å². The zero-order valence-corrected chi connectivity index (χ0v) is 20.2. The highest BCUT2D eigenvalue weighted by Crippen LogP contribution is 2.40. The molecule has 1 amide bonds. The van der Waals surface area contributed by atoms with Crippen LogP contribution in [0, 0.1) is 6.92 Å². The first-order valence-electron chi connectivity index (χ1n) is 11.9. The number of likely N-dealkylation sites (tertiary alicyclic amines) is 1. The van der Waals surface area contributed by atoms with Crippen LogP contribution in [0.4, 0.5) is 0 Å². The highest BCUT2D eigenvalue weighted by molar-refractivity contribution is 6.46. The molecule has 1 atom stereocenters. The van der Waals surface area contributed by atoms with E-state index < -0.39 is 17.7 Å². The number of carbonyl (C=O) groups excluding carboxylic acids is 2. The molecule has 2 aromatic carbocycles. The molecular formula is C30H25N3O4. The van der Waals surface area contributed by atoms with Crippen molar-refractivity contribution in [1.82, 2.24) is 14.9 Å². The van der Waals surface area contributed by atoms with Crippen LogP contribution in [0.2, 0.25) is 0 Å². The fourth-order valence-electron chi connectivity index (χ4n) is 4.42. The molecule has 0 spiro atoms. The van der Waals surface area contributed by atoms with E-state index in [0.29, 0.717) is 23.5 Å². The van der Waals surface area contributed by atoms with Crippen LogP contribution < -0.4 is 4.74 Å². The number of benzene rings is 2. The van der Waals surface area contributed by atoms with Crippen LogP contribution in [-0.4, -0.2) is 31.7 Å². The molecule has 1 unspecified atom stereocenters. The first-order chi connectivity index (χ1) is 18.0. The lowest BCUT2D eigenvalue weighted by Crippen LogP contribution is -2.29. The number of ether oxygens (including phenoxy) is 1. The monoisotopic (exact) mass is 491 g/mol. The predicted octanol–water partition coefficient (Wildman–Crippen LogP) is 4.99. The third kappa shape index (κ3) is 4.97. The summed E-state index contributed by atoms with van der Waals surface area (Å²) >= 11 is 0. The molecule has 4 aromatic rings. The van der Waals surface area contributed by atoms with Crippen molar-refractivity contribution in [1.29, 1.82) is 0 Å². The Morgan fingerprint density at radius 3 is 2.38 bits per heavy atom. The number of aryl methyl sites for hydroxylation is 1. The predicted molar refractivity (Wildman–Crippen MR) is 138 cm³/mol. The molecule has 1 aliphatic heterocycles. The lowest BCUT2D eigenvalue weighted by atomic mass is 9.96.